The second kappa shape index (κ2) is 7.13. The van der Waals surface area contributed by atoms with Crippen molar-refractivity contribution in [2.24, 2.45) is 0 Å². The predicted molar refractivity (Wildman–Crippen MR) is 105 cm³/mol. The molecule has 2 aromatic rings. The molecule has 2 aromatic carbocycles. The van der Waals surface area contributed by atoms with Crippen LogP contribution in [0.1, 0.15) is 45.2 Å². The van der Waals surface area contributed by atoms with Gasteiger partial charge in [0.25, 0.3) is 0 Å². The van der Waals surface area contributed by atoms with E-state index >= 15 is 0 Å². The third-order valence-electron chi connectivity index (χ3n) is 5.93. The van der Waals surface area contributed by atoms with Crippen LogP contribution in [0, 0.1) is 0 Å². The highest BCUT2D eigenvalue weighted by molar-refractivity contribution is 6.30. The van der Waals surface area contributed by atoms with Crippen LogP contribution in [0.3, 0.4) is 0 Å². The Morgan fingerprint density at radius 2 is 1.75 bits per heavy atom. The molecule has 4 rings (SSSR count). The molecule has 0 spiro atoms. The molecule has 146 valence electrons. The average molecular weight is 381 g/mol. The van der Waals surface area contributed by atoms with E-state index in [1.54, 1.807) is 42.5 Å². The van der Waals surface area contributed by atoms with E-state index < -0.39 is 0 Å². The zero-order chi connectivity index (χ0) is 19.9. The quantitative estimate of drug-likeness (QED) is 0.556. The van der Waals surface area contributed by atoms with Crippen molar-refractivity contribution >= 4 is 17.3 Å². The van der Waals surface area contributed by atoms with Crippen LogP contribution in [0.5, 0.6) is 0 Å². The van der Waals surface area contributed by atoms with Crippen LogP contribution in [0.4, 0.5) is 5.69 Å². The number of carbonyl (C=O) groups is 2. The summed E-state index contributed by atoms with van der Waals surface area (Å²) < 4.78 is 6.27. The van der Waals surface area contributed by atoms with Gasteiger partial charge in [-0.3, -0.25) is 14.8 Å². The van der Waals surface area contributed by atoms with Crippen LogP contribution >= 0.6 is 0 Å². The van der Waals surface area contributed by atoms with E-state index in [9.17, 15) is 14.8 Å². The monoisotopic (exact) mass is 381 g/mol. The minimum atomic E-state index is -0.347. The van der Waals surface area contributed by atoms with Crippen molar-refractivity contribution in [2.75, 3.05) is 38.4 Å². The first-order valence-electron chi connectivity index (χ1n) is 9.69. The number of hydroxylamine groups is 1. The maximum Gasteiger partial charge on any atom is 0.211 e. The Morgan fingerprint density at radius 3 is 2.46 bits per heavy atom. The van der Waals surface area contributed by atoms with Gasteiger partial charge in [-0.1, -0.05) is 43.3 Å². The van der Waals surface area contributed by atoms with Crippen molar-refractivity contribution in [2.45, 2.75) is 19.5 Å². The van der Waals surface area contributed by atoms with Gasteiger partial charge in [-0.15, -0.1) is 0 Å². The maximum atomic E-state index is 13.2. The number of hydrogen-bond acceptors (Lipinski definition) is 5. The van der Waals surface area contributed by atoms with Gasteiger partial charge in [0.1, 0.15) is 13.2 Å². The second-order valence-corrected chi connectivity index (χ2v) is 7.73. The SMILES string of the molecule is CCC[N+]1(C)CCOCC1N(O)c1cccc2c1C(=O)c1ccccc1C2=O. The number of ketones is 2. The van der Waals surface area contributed by atoms with Gasteiger partial charge in [0.2, 0.25) is 6.17 Å². The highest BCUT2D eigenvalue weighted by Gasteiger charge is 2.42. The van der Waals surface area contributed by atoms with E-state index in [1.165, 1.54) is 0 Å². The molecule has 28 heavy (non-hydrogen) atoms. The predicted octanol–water partition coefficient (Wildman–Crippen LogP) is 2.87. The minimum Gasteiger partial charge on any atom is -0.367 e. The summed E-state index contributed by atoms with van der Waals surface area (Å²) in [5, 5.41) is 12.3. The molecule has 2 unspecified atom stereocenters. The summed E-state index contributed by atoms with van der Waals surface area (Å²) in [6.45, 7) is 4.77. The number of rotatable bonds is 4. The third kappa shape index (κ3) is 2.85. The van der Waals surface area contributed by atoms with Crippen molar-refractivity contribution in [1.82, 2.24) is 0 Å². The molecule has 0 bridgehead atoms. The van der Waals surface area contributed by atoms with Gasteiger partial charge < -0.3 is 9.22 Å². The number of carbonyl (C=O) groups excluding carboxylic acids is 2. The van der Waals surface area contributed by atoms with Gasteiger partial charge in [0.15, 0.2) is 11.6 Å². The molecule has 0 amide bonds. The minimum absolute atomic E-state index is 0.189. The molecular weight excluding hydrogens is 356 g/mol. The van der Waals surface area contributed by atoms with Gasteiger partial charge in [-0.25, -0.2) is 5.06 Å². The van der Waals surface area contributed by atoms with E-state index in [4.69, 9.17) is 4.74 Å². The largest absolute Gasteiger partial charge is 0.367 e. The summed E-state index contributed by atoms with van der Waals surface area (Å²) in [6, 6.07) is 11.9. The highest BCUT2D eigenvalue weighted by Crippen LogP contribution is 2.35. The fraction of sp³-hybridized carbons (Fsp3) is 0.364. The van der Waals surface area contributed by atoms with Gasteiger partial charge in [-0.05, 0) is 12.5 Å². The lowest BCUT2D eigenvalue weighted by molar-refractivity contribution is -0.942. The van der Waals surface area contributed by atoms with Crippen LogP contribution in [0.2, 0.25) is 0 Å². The number of ether oxygens (including phenoxy) is 1. The molecule has 1 aliphatic heterocycles. The first-order valence-corrected chi connectivity index (χ1v) is 9.69. The van der Waals surface area contributed by atoms with E-state index in [2.05, 4.69) is 14.0 Å². The molecule has 2 aliphatic rings. The number of morpholine rings is 1. The molecule has 0 radical (unpaired) electrons. The number of fused-ring (bicyclic) bond motifs is 2. The Kier molecular flexibility index (Phi) is 4.79. The van der Waals surface area contributed by atoms with Crippen LogP contribution in [0.25, 0.3) is 0 Å². The molecule has 6 heteroatoms. The first kappa shape index (κ1) is 18.8. The van der Waals surface area contributed by atoms with E-state index in [1.807, 2.05) is 0 Å². The van der Waals surface area contributed by atoms with Crippen molar-refractivity contribution < 1.29 is 24.0 Å². The fourth-order valence-corrected chi connectivity index (χ4v) is 4.38. The summed E-state index contributed by atoms with van der Waals surface area (Å²) >= 11 is 0. The normalized spacial score (nSPS) is 23.9. The van der Waals surface area contributed by atoms with Gasteiger partial charge in [0.05, 0.1) is 31.5 Å². The molecule has 6 nitrogen and oxygen atoms in total. The lowest BCUT2D eigenvalue weighted by Crippen LogP contribution is -2.65. The van der Waals surface area contributed by atoms with E-state index in [-0.39, 0.29) is 23.3 Å². The second-order valence-electron chi connectivity index (χ2n) is 7.73. The molecule has 1 heterocycles. The number of quaternary nitrogens is 1. The summed E-state index contributed by atoms with van der Waals surface area (Å²) in [5.41, 5.74) is 1.76. The number of hydrogen-bond donors (Lipinski definition) is 1. The Balaban J connectivity index is 1.80. The van der Waals surface area contributed by atoms with Crippen LogP contribution < -0.4 is 5.06 Å². The topological polar surface area (TPSA) is 66.8 Å². The fourth-order valence-electron chi connectivity index (χ4n) is 4.38. The zero-order valence-corrected chi connectivity index (χ0v) is 16.2. The maximum absolute atomic E-state index is 13.2. The van der Waals surface area contributed by atoms with Crippen LogP contribution in [0.15, 0.2) is 42.5 Å². The standard InChI is InChI=1S/C22H25N2O4/c1-3-11-24(2)12-13-28-14-19(24)23(27)18-10-6-9-17-20(18)22(26)16-8-5-4-7-15(16)21(17)25/h4-10,19,27H,3,11-14H2,1-2H3/q+1. The van der Waals surface area contributed by atoms with Crippen molar-refractivity contribution in [3.05, 3.63) is 64.7 Å². The number of benzene rings is 2. The number of nitrogens with zero attached hydrogens (tertiary/aromatic N) is 2. The first-order chi connectivity index (χ1) is 13.5. The summed E-state index contributed by atoms with van der Waals surface area (Å²) in [4.78, 5) is 26.2. The van der Waals surface area contributed by atoms with Gasteiger partial charge >= 0.3 is 0 Å². The van der Waals surface area contributed by atoms with Crippen LogP contribution in [-0.2, 0) is 4.74 Å². The number of likely N-dealkylation sites (N-methyl/N-ethyl adjacent to an activating group) is 1. The molecule has 1 N–H and O–H groups in total. The molecular formula is C22H25N2O4+. The lowest BCUT2D eigenvalue weighted by atomic mass is 9.83. The lowest BCUT2D eigenvalue weighted by Gasteiger charge is -2.47. The summed E-state index contributed by atoms with van der Waals surface area (Å²) in [5.74, 6) is -0.424. The van der Waals surface area contributed by atoms with Crippen molar-refractivity contribution in [3.8, 4) is 0 Å². The zero-order valence-electron chi connectivity index (χ0n) is 16.2. The van der Waals surface area contributed by atoms with Crippen molar-refractivity contribution in [1.29, 1.82) is 0 Å². The van der Waals surface area contributed by atoms with Gasteiger partial charge in [0, 0.05) is 16.7 Å². The summed E-state index contributed by atoms with van der Waals surface area (Å²) in [7, 11) is 2.09. The Morgan fingerprint density at radius 1 is 1.07 bits per heavy atom. The molecule has 0 aromatic heterocycles. The van der Waals surface area contributed by atoms with E-state index in [0.717, 1.165) is 24.6 Å². The molecule has 0 saturated carbocycles. The van der Waals surface area contributed by atoms with Crippen LogP contribution in [-0.4, -0.2) is 60.8 Å². The average Bonchev–Trinajstić information content (AvgIpc) is 2.71. The Hall–Kier alpha value is -2.54. The smallest absolute Gasteiger partial charge is 0.211 e. The third-order valence-corrected chi connectivity index (χ3v) is 5.93. The van der Waals surface area contributed by atoms with Gasteiger partial charge in [-0.2, -0.15) is 0 Å². The Bertz CT molecular complexity index is 938. The molecule has 2 atom stereocenters. The van der Waals surface area contributed by atoms with Crippen molar-refractivity contribution in [3.63, 3.8) is 0 Å². The molecule has 1 fully saturated rings. The summed E-state index contributed by atoms with van der Waals surface area (Å²) in [6.07, 6.45) is 0.624. The molecule has 1 aliphatic carbocycles. The Labute approximate surface area is 164 Å². The number of anilines is 1. The highest BCUT2D eigenvalue weighted by atomic mass is 16.5. The van der Waals surface area contributed by atoms with E-state index in [0.29, 0.717) is 40.1 Å². The molecule has 1 saturated heterocycles.